The highest BCUT2D eigenvalue weighted by atomic mass is 14.9. The zero-order valence-electron chi connectivity index (χ0n) is 13.1. The van der Waals surface area contributed by atoms with Crippen LogP contribution in [-0.2, 0) is 0 Å². The highest BCUT2D eigenvalue weighted by molar-refractivity contribution is 6.11. The Balaban J connectivity index is 1.92. The second kappa shape index (κ2) is 6.36. The van der Waals surface area contributed by atoms with Gasteiger partial charge in [0, 0.05) is 11.4 Å². The van der Waals surface area contributed by atoms with E-state index in [1.165, 1.54) is 5.56 Å². The molecule has 1 aliphatic carbocycles. The number of para-hydroxylation sites is 1. The van der Waals surface area contributed by atoms with Crippen molar-refractivity contribution in [2.75, 3.05) is 5.32 Å². The molecule has 0 bridgehead atoms. The van der Waals surface area contributed by atoms with Crippen LogP contribution in [0.1, 0.15) is 5.56 Å². The summed E-state index contributed by atoms with van der Waals surface area (Å²) >= 11 is 0. The third kappa shape index (κ3) is 3.58. The Bertz CT molecular complexity index is 827. The standard InChI is InChI=1S/C20H19N3/c1-14-7-6-10-17(11-14)23-19-13-20(18(21)12-15(19)2)22-16-8-4-3-5-9-16/h3-13,23H,2,21H2,1H3. The van der Waals surface area contributed by atoms with E-state index < -0.39 is 0 Å². The van der Waals surface area contributed by atoms with Crippen LogP contribution < -0.4 is 11.1 Å². The fourth-order valence-corrected chi connectivity index (χ4v) is 2.39. The second-order valence-electron chi connectivity index (χ2n) is 5.51. The molecule has 0 atom stereocenters. The fourth-order valence-electron chi connectivity index (χ4n) is 2.39. The molecule has 3 rings (SSSR count). The minimum atomic E-state index is 0.619. The monoisotopic (exact) mass is 301 g/mol. The molecule has 23 heavy (non-hydrogen) atoms. The van der Waals surface area contributed by atoms with Gasteiger partial charge in [-0.15, -0.1) is 0 Å². The van der Waals surface area contributed by atoms with Crippen molar-refractivity contribution in [2.24, 2.45) is 10.7 Å². The number of aliphatic imine (C=N–C) groups is 1. The molecule has 0 heterocycles. The van der Waals surface area contributed by atoms with E-state index in [4.69, 9.17) is 5.73 Å². The number of hydrogen-bond acceptors (Lipinski definition) is 3. The summed E-state index contributed by atoms with van der Waals surface area (Å²) in [6.07, 6.45) is 3.78. The molecule has 3 N–H and O–H groups in total. The van der Waals surface area contributed by atoms with Gasteiger partial charge in [0.2, 0.25) is 0 Å². The number of anilines is 1. The van der Waals surface area contributed by atoms with Gasteiger partial charge in [0.1, 0.15) is 0 Å². The Labute approximate surface area is 136 Å². The molecule has 0 spiro atoms. The van der Waals surface area contributed by atoms with E-state index in [1.54, 1.807) is 0 Å². The molecule has 0 amide bonds. The molecule has 0 saturated heterocycles. The van der Waals surface area contributed by atoms with Gasteiger partial charge in [0.25, 0.3) is 0 Å². The van der Waals surface area contributed by atoms with Crippen molar-refractivity contribution in [1.29, 1.82) is 0 Å². The van der Waals surface area contributed by atoms with Crippen LogP contribution in [0.15, 0.2) is 95.3 Å². The molecule has 0 fully saturated rings. The molecule has 2 aromatic carbocycles. The van der Waals surface area contributed by atoms with E-state index in [9.17, 15) is 0 Å². The van der Waals surface area contributed by atoms with Crippen molar-refractivity contribution >= 4 is 17.1 Å². The van der Waals surface area contributed by atoms with E-state index >= 15 is 0 Å². The van der Waals surface area contributed by atoms with Gasteiger partial charge in [-0.25, -0.2) is 4.99 Å². The Hall–Kier alpha value is -3.07. The van der Waals surface area contributed by atoms with Gasteiger partial charge in [-0.2, -0.15) is 0 Å². The lowest BCUT2D eigenvalue weighted by Gasteiger charge is -2.17. The van der Waals surface area contributed by atoms with Crippen molar-refractivity contribution < 1.29 is 0 Å². The van der Waals surface area contributed by atoms with Crippen molar-refractivity contribution in [3.8, 4) is 0 Å². The Morgan fingerprint density at radius 1 is 1.00 bits per heavy atom. The van der Waals surface area contributed by atoms with Crippen LogP contribution >= 0.6 is 0 Å². The zero-order valence-corrected chi connectivity index (χ0v) is 13.1. The average Bonchev–Trinajstić information content (AvgIpc) is 2.53. The molecule has 1 aliphatic rings. The summed E-state index contributed by atoms with van der Waals surface area (Å²) in [6.45, 7) is 6.13. The summed E-state index contributed by atoms with van der Waals surface area (Å²) in [7, 11) is 0. The van der Waals surface area contributed by atoms with Crippen LogP contribution in [0.25, 0.3) is 0 Å². The Kier molecular flexibility index (Phi) is 4.11. The second-order valence-corrected chi connectivity index (χ2v) is 5.51. The summed E-state index contributed by atoms with van der Waals surface area (Å²) in [6, 6.07) is 18.0. The molecule has 0 aliphatic heterocycles. The molecule has 0 aromatic heterocycles. The summed E-state index contributed by atoms with van der Waals surface area (Å²) in [5, 5.41) is 3.39. The summed E-state index contributed by atoms with van der Waals surface area (Å²) in [5.41, 5.74) is 12.3. The van der Waals surface area contributed by atoms with Gasteiger partial charge in [0.15, 0.2) is 0 Å². The van der Waals surface area contributed by atoms with Gasteiger partial charge in [-0.3, -0.25) is 0 Å². The summed E-state index contributed by atoms with van der Waals surface area (Å²) in [5.74, 6) is 0. The van der Waals surface area contributed by atoms with Crippen LogP contribution in [0, 0.1) is 6.92 Å². The molecular formula is C20H19N3. The lowest BCUT2D eigenvalue weighted by Crippen LogP contribution is -2.17. The Morgan fingerprint density at radius 3 is 2.52 bits per heavy atom. The third-order valence-electron chi connectivity index (χ3n) is 3.56. The SMILES string of the molecule is C=C1C=C(N)C(=Nc2ccccc2)C=C1Nc1cccc(C)c1. The Morgan fingerprint density at radius 2 is 1.78 bits per heavy atom. The zero-order chi connectivity index (χ0) is 16.2. The van der Waals surface area contributed by atoms with Crippen LogP contribution in [0.5, 0.6) is 0 Å². The number of aryl methyl sites for hydroxylation is 1. The molecule has 0 radical (unpaired) electrons. The van der Waals surface area contributed by atoms with Crippen LogP contribution in [-0.4, -0.2) is 5.71 Å². The first-order valence-electron chi connectivity index (χ1n) is 7.48. The van der Waals surface area contributed by atoms with E-state index in [-0.39, 0.29) is 0 Å². The molecule has 0 unspecified atom stereocenters. The van der Waals surface area contributed by atoms with E-state index in [1.807, 2.05) is 54.6 Å². The first-order valence-corrected chi connectivity index (χ1v) is 7.48. The smallest absolute Gasteiger partial charge is 0.0887 e. The summed E-state index contributed by atoms with van der Waals surface area (Å²) < 4.78 is 0. The van der Waals surface area contributed by atoms with Crippen molar-refractivity contribution in [3.05, 3.63) is 95.9 Å². The minimum Gasteiger partial charge on any atom is -0.397 e. The molecule has 0 saturated carbocycles. The number of nitrogens with one attached hydrogen (secondary N) is 1. The number of allylic oxidation sites excluding steroid dienone is 2. The maximum atomic E-state index is 6.09. The van der Waals surface area contributed by atoms with E-state index in [2.05, 4.69) is 35.9 Å². The van der Waals surface area contributed by atoms with E-state index in [0.29, 0.717) is 5.70 Å². The predicted molar refractivity (Wildman–Crippen MR) is 97.8 cm³/mol. The van der Waals surface area contributed by atoms with Gasteiger partial charge in [-0.05, 0) is 54.5 Å². The largest absolute Gasteiger partial charge is 0.397 e. The van der Waals surface area contributed by atoms with Gasteiger partial charge >= 0.3 is 0 Å². The quantitative estimate of drug-likeness (QED) is 0.878. The molecule has 2 aromatic rings. The normalized spacial score (nSPS) is 16.0. The van der Waals surface area contributed by atoms with Crippen molar-refractivity contribution in [1.82, 2.24) is 0 Å². The number of benzene rings is 2. The van der Waals surface area contributed by atoms with Crippen LogP contribution in [0.4, 0.5) is 11.4 Å². The minimum absolute atomic E-state index is 0.619. The predicted octanol–water partition coefficient (Wildman–Crippen LogP) is 4.48. The molecule has 114 valence electrons. The van der Waals surface area contributed by atoms with Gasteiger partial charge < -0.3 is 11.1 Å². The van der Waals surface area contributed by atoms with Crippen molar-refractivity contribution in [3.63, 3.8) is 0 Å². The lowest BCUT2D eigenvalue weighted by molar-refractivity contribution is 1.33. The van der Waals surface area contributed by atoms with Gasteiger partial charge in [0.05, 0.1) is 17.1 Å². The molecular weight excluding hydrogens is 282 g/mol. The first kappa shape index (κ1) is 14.9. The number of nitrogens with zero attached hydrogens (tertiary/aromatic N) is 1. The topological polar surface area (TPSA) is 50.4 Å². The average molecular weight is 301 g/mol. The fraction of sp³-hybridized carbons (Fsp3) is 0.0500. The van der Waals surface area contributed by atoms with Crippen molar-refractivity contribution in [2.45, 2.75) is 6.92 Å². The summed E-state index contributed by atoms with van der Waals surface area (Å²) in [4.78, 5) is 4.61. The van der Waals surface area contributed by atoms with Crippen LogP contribution in [0.2, 0.25) is 0 Å². The highest BCUT2D eigenvalue weighted by Gasteiger charge is 2.13. The number of nitrogens with two attached hydrogens (primary N) is 1. The molecule has 3 nitrogen and oxygen atoms in total. The maximum absolute atomic E-state index is 6.09. The maximum Gasteiger partial charge on any atom is 0.0887 e. The number of hydrogen-bond donors (Lipinski definition) is 2. The lowest BCUT2D eigenvalue weighted by atomic mass is 10.0. The number of rotatable bonds is 3. The van der Waals surface area contributed by atoms with E-state index in [0.717, 1.165) is 28.4 Å². The highest BCUT2D eigenvalue weighted by Crippen LogP contribution is 2.23. The van der Waals surface area contributed by atoms with Gasteiger partial charge in [-0.1, -0.05) is 36.9 Å². The third-order valence-corrected chi connectivity index (χ3v) is 3.56. The first-order chi connectivity index (χ1) is 11.1. The van der Waals surface area contributed by atoms with Crippen LogP contribution in [0.3, 0.4) is 0 Å². The molecule has 3 heteroatoms.